The number of hydrogen-bond acceptors (Lipinski definition) is 1. The van der Waals surface area contributed by atoms with Gasteiger partial charge in [-0.1, -0.05) is 176 Å². The third-order valence-corrected chi connectivity index (χ3v) is 10.8. The van der Waals surface area contributed by atoms with Crippen molar-refractivity contribution in [2.45, 2.75) is 0 Å². The van der Waals surface area contributed by atoms with E-state index < -0.39 is 0 Å². The second kappa shape index (κ2) is 14.4. The Morgan fingerprint density at radius 3 is 1.38 bits per heavy atom. The predicted molar refractivity (Wildman–Crippen MR) is 237 cm³/mol. The molecule has 10 rings (SSSR count). The van der Waals surface area contributed by atoms with Crippen molar-refractivity contribution < 1.29 is 0 Å². The molecule has 9 aromatic carbocycles. The first-order valence-electron chi connectivity index (χ1n) is 19.2. The van der Waals surface area contributed by atoms with E-state index in [1.165, 1.54) is 60.8 Å². The summed E-state index contributed by atoms with van der Waals surface area (Å²) in [5.74, 6) is 0. The SMILES string of the molecule is c1ccc(-c2ccc(-c3cccc(N(c4ccc(-c5ccccc5)cc4)c4ccc5c6c(-c7ccccc7)cccc6n(-c6ccccc6)c5c4)c3)cc2)cc1. The summed E-state index contributed by atoms with van der Waals surface area (Å²) in [5, 5.41) is 2.47. The molecule has 0 aliphatic heterocycles. The summed E-state index contributed by atoms with van der Waals surface area (Å²) in [7, 11) is 0. The third-order valence-electron chi connectivity index (χ3n) is 10.8. The Hall–Kier alpha value is -7.42. The van der Waals surface area contributed by atoms with Crippen LogP contribution in [0, 0.1) is 0 Å². The maximum Gasteiger partial charge on any atom is 0.0562 e. The summed E-state index contributed by atoms with van der Waals surface area (Å²) in [6.45, 7) is 0. The Morgan fingerprint density at radius 2 is 0.750 bits per heavy atom. The lowest BCUT2D eigenvalue weighted by atomic mass is 9.99. The second-order valence-corrected chi connectivity index (χ2v) is 14.2. The molecule has 2 nitrogen and oxygen atoms in total. The van der Waals surface area contributed by atoms with Gasteiger partial charge in [0.05, 0.1) is 11.0 Å². The van der Waals surface area contributed by atoms with Gasteiger partial charge in [-0.25, -0.2) is 0 Å². The molecule has 1 aromatic heterocycles. The molecular formula is C54H38N2. The molecule has 0 atom stereocenters. The molecule has 2 heteroatoms. The van der Waals surface area contributed by atoms with E-state index in [1.807, 2.05) is 0 Å². The van der Waals surface area contributed by atoms with Gasteiger partial charge < -0.3 is 9.47 Å². The normalized spacial score (nSPS) is 11.2. The van der Waals surface area contributed by atoms with E-state index in [2.05, 4.69) is 240 Å². The van der Waals surface area contributed by atoms with E-state index >= 15 is 0 Å². The quantitative estimate of drug-likeness (QED) is 0.152. The predicted octanol–water partition coefficient (Wildman–Crippen LogP) is 14.9. The third kappa shape index (κ3) is 6.14. The number of para-hydroxylation sites is 1. The van der Waals surface area contributed by atoms with Gasteiger partial charge >= 0.3 is 0 Å². The average molecular weight is 715 g/mol. The number of fused-ring (bicyclic) bond motifs is 3. The highest BCUT2D eigenvalue weighted by Gasteiger charge is 2.20. The minimum absolute atomic E-state index is 1.09. The zero-order valence-electron chi connectivity index (χ0n) is 30.8. The minimum atomic E-state index is 1.09. The summed E-state index contributed by atoms with van der Waals surface area (Å²) in [6.07, 6.45) is 0. The number of rotatable bonds is 8. The van der Waals surface area contributed by atoms with Crippen LogP contribution in [0.1, 0.15) is 0 Å². The maximum absolute atomic E-state index is 2.42. The molecule has 1 heterocycles. The number of benzene rings is 9. The summed E-state index contributed by atoms with van der Waals surface area (Å²) in [5.41, 5.74) is 16.4. The molecule has 0 fully saturated rings. The first-order valence-corrected chi connectivity index (χ1v) is 19.2. The van der Waals surface area contributed by atoms with Crippen molar-refractivity contribution in [3.8, 4) is 50.2 Å². The van der Waals surface area contributed by atoms with Crippen LogP contribution in [-0.2, 0) is 0 Å². The van der Waals surface area contributed by atoms with Crippen LogP contribution in [-0.4, -0.2) is 4.57 Å². The summed E-state index contributed by atoms with van der Waals surface area (Å²) in [4.78, 5) is 2.39. The molecule has 264 valence electrons. The van der Waals surface area contributed by atoms with E-state index in [0.29, 0.717) is 0 Å². The van der Waals surface area contributed by atoms with Crippen LogP contribution in [0.15, 0.2) is 231 Å². The second-order valence-electron chi connectivity index (χ2n) is 14.2. The molecule has 56 heavy (non-hydrogen) atoms. The molecule has 0 saturated carbocycles. The van der Waals surface area contributed by atoms with Gasteiger partial charge in [0.2, 0.25) is 0 Å². The minimum Gasteiger partial charge on any atom is -0.310 e. The standard InChI is InChI=1S/C54H38N2/c1-5-15-39(16-6-1)41-27-29-43(30-28-41)45-21-13-24-48(37-45)55(47-33-31-42(32-34-47)40-17-7-2-8-18-40)49-35-36-51-53(38-49)56(46-22-11-4-12-23-46)52-26-14-25-50(54(51)52)44-19-9-3-10-20-44/h1-38H. The number of hydrogen-bond donors (Lipinski definition) is 0. The van der Waals surface area contributed by atoms with Crippen LogP contribution in [0.4, 0.5) is 17.1 Å². The van der Waals surface area contributed by atoms with Gasteiger partial charge in [-0.05, 0) is 99.1 Å². The van der Waals surface area contributed by atoms with E-state index in [0.717, 1.165) is 28.3 Å². The zero-order chi connectivity index (χ0) is 37.3. The lowest BCUT2D eigenvalue weighted by Gasteiger charge is -2.26. The van der Waals surface area contributed by atoms with Crippen molar-refractivity contribution in [1.29, 1.82) is 0 Å². The zero-order valence-corrected chi connectivity index (χ0v) is 30.8. The summed E-state index contributed by atoms with van der Waals surface area (Å²) in [6, 6.07) is 83.0. The number of nitrogens with zero attached hydrogens (tertiary/aromatic N) is 2. The van der Waals surface area contributed by atoms with E-state index in [9.17, 15) is 0 Å². The monoisotopic (exact) mass is 714 g/mol. The summed E-state index contributed by atoms with van der Waals surface area (Å²) < 4.78 is 2.42. The van der Waals surface area contributed by atoms with Gasteiger partial charge in [0.15, 0.2) is 0 Å². The van der Waals surface area contributed by atoms with E-state index in [-0.39, 0.29) is 0 Å². The fourth-order valence-electron chi connectivity index (χ4n) is 8.10. The van der Waals surface area contributed by atoms with Crippen molar-refractivity contribution in [1.82, 2.24) is 4.57 Å². The Balaban J connectivity index is 1.15. The van der Waals surface area contributed by atoms with Gasteiger partial charge in [0, 0.05) is 33.5 Å². The fourth-order valence-corrected chi connectivity index (χ4v) is 8.10. The Bertz CT molecular complexity index is 2910. The molecule has 0 bridgehead atoms. The maximum atomic E-state index is 2.42. The molecule has 0 unspecified atom stereocenters. The van der Waals surface area contributed by atoms with Gasteiger partial charge in [-0.15, -0.1) is 0 Å². The van der Waals surface area contributed by atoms with E-state index in [4.69, 9.17) is 0 Å². The van der Waals surface area contributed by atoms with Crippen molar-refractivity contribution in [2.75, 3.05) is 4.90 Å². The average Bonchev–Trinajstić information content (AvgIpc) is 3.62. The molecule has 0 aliphatic carbocycles. The lowest BCUT2D eigenvalue weighted by Crippen LogP contribution is -2.10. The van der Waals surface area contributed by atoms with Crippen LogP contribution >= 0.6 is 0 Å². The highest BCUT2D eigenvalue weighted by atomic mass is 15.1. The highest BCUT2D eigenvalue weighted by Crippen LogP contribution is 2.43. The van der Waals surface area contributed by atoms with Crippen molar-refractivity contribution in [2.24, 2.45) is 0 Å². The molecule has 0 amide bonds. The highest BCUT2D eigenvalue weighted by molar-refractivity contribution is 6.16. The number of aromatic nitrogens is 1. The summed E-state index contributed by atoms with van der Waals surface area (Å²) >= 11 is 0. The molecule has 0 saturated heterocycles. The van der Waals surface area contributed by atoms with Crippen LogP contribution in [0.5, 0.6) is 0 Å². The van der Waals surface area contributed by atoms with Gasteiger partial charge in [-0.2, -0.15) is 0 Å². The Kier molecular flexibility index (Phi) is 8.55. The Morgan fingerprint density at radius 1 is 0.286 bits per heavy atom. The largest absolute Gasteiger partial charge is 0.310 e. The molecule has 0 N–H and O–H groups in total. The van der Waals surface area contributed by atoms with Crippen molar-refractivity contribution in [3.63, 3.8) is 0 Å². The van der Waals surface area contributed by atoms with Crippen molar-refractivity contribution in [3.05, 3.63) is 231 Å². The molecule has 0 spiro atoms. The van der Waals surface area contributed by atoms with Crippen molar-refractivity contribution >= 4 is 38.9 Å². The molecular weight excluding hydrogens is 677 g/mol. The molecule has 10 aromatic rings. The van der Waals surface area contributed by atoms with Crippen LogP contribution in [0.2, 0.25) is 0 Å². The Labute approximate surface area is 327 Å². The lowest BCUT2D eigenvalue weighted by molar-refractivity contribution is 1.18. The smallest absolute Gasteiger partial charge is 0.0562 e. The molecule has 0 aliphatic rings. The van der Waals surface area contributed by atoms with Gasteiger partial charge in [0.25, 0.3) is 0 Å². The van der Waals surface area contributed by atoms with E-state index in [1.54, 1.807) is 0 Å². The van der Waals surface area contributed by atoms with Crippen LogP contribution in [0.25, 0.3) is 72.0 Å². The number of anilines is 3. The van der Waals surface area contributed by atoms with Gasteiger partial charge in [-0.3, -0.25) is 0 Å². The van der Waals surface area contributed by atoms with Crippen LogP contribution in [0.3, 0.4) is 0 Å². The first-order chi connectivity index (χ1) is 27.8. The van der Waals surface area contributed by atoms with Crippen LogP contribution < -0.4 is 4.90 Å². The van der Waals surface area contributed by atoms with Gasteiger partial charge in [0.1, 0.15) is 0 Å². The first kappa shape index (κ1) is 33.2. The topological polar surface area (TPSA) is 8.17 Å². The molecule has 0 radical (unpaired) electrons. The fraction of sp³-hybridized carbons (Fsp3) is 0.